The molecular formula is C21H16ClF3N4O2. The van der Waals surface area contributed by atoms with E-state index in [9.17, 15) is 18.0 Å². The Morgan fingerprint density at radius 3 is 2.32 bits per heavy atom. The van der Waals surface area contributed by atoms with Crippen LogP contribution >= 0.6 is 11.6 Å². The summed E-state index contributed by atoms with van der Waals surface area (Å²) in [7, 11) is 0. The zero-order chi connectivity index (χ0) is 22.6. The molecule has 0 spiro atoms. The van der Waals surface area contributed by atoms with E-state index in [1.54, 1.807) is 42.5 Å². The van der Waals surface area contributed by atoms with Crippen LogP contribution in [0.1, 0.15) is 15.9 Å². The van der Waals surface area contributed by atoms with Crippen molar-refractivity contribution in [3.63, 3.8) is 0 Å². The molecule has 160 valence electrons. The molecule has 0 radical (unpaired) electrons. The summed E-state index contributed by atoms with van der Waals surface area (Å²) in [4.78, 5) is 16.3. The number of aliphatic imine (C=N–C) groups is 1. The molecule has 0 saturated heterocycles. The standard InChI is InChI=1S/C21H16ClF3N4O2/c22-18-9-4-12(10-17(18)21(23,24)25)19(30)28-14-2-1-3-16(11-14)31-15-7-5-13(6-8-15)29-20(26)27/h1-11H,(H,28,30)(H4,26,27,29). The Hall–Kier alpha value is -3.72. The third-order valence-corrected chi connectivity index (χ3v) is 4.29. The van der Waals surface area contributed by atoms with Crippen molar-refractivity contribution in [2.45, 2.75) is 6.18 Å². The van der Waals surface area contributed by atoms with Gasteiger partial charge in [0.15, 0.2) is 5.96 Å². The van der Waals surface area contributed by atoms with Gasteiger partial charge in [-0.3, -0.25) is 4.79 Å². The number of guanidine groups is 1. The Bertz CT molecular complexity index is 1130. The second kappa shape index (κ2) is 8.97. The lowest BCUT2D eigenvalue weighted by molar-refractivity contribution is -0.137. The third kappa shape index (κ3) is 5.89. The number of nitrogens with zero attached hydrogens (tertiary/aromatic N) is 1. The van der Waals surface area contributed by atoms with Gasteiger partial charge in [0.1, 0.15) is 11.5 Å². The number of alkyl halides is 3. The van der Waals surface area contributed by atoms with Gasteiger partial charge in [0.25, 0.3) is 5.91 Å². The molecule has 10 heteroatoms. The summed E-state index contributed by atoms with van der Waals surface area (Å²) in [6, 6.07) is 15.9. The zero-order valence-electron chi connectivity index (χ0n) is 15.8. The molecule has 0 aromatic heterocycles. The van der Waals surface area contributed by atoms with Gasteiger partial charge in [0.2, 0.25) is 0 Å². The van der Waals surface area contributed by atoms with Crippen molar-refractivity contribution in [1.82, 2.24) is 0 Å². The molecule has 0 heterocycles. The summed E-state index contributed by atoms with van der Waals surface area (Å²) >= 11 is 5.59. The van der Waals surface area contributed by atoms with Crippen LogP contribution in [0.5, 0.6) is 11.5 Å². The highest BCUT2D eigenvalue weighted by molar-refractivity contribution is 6.31. The maximum Gasteiger partial charge on any atom is 0.417 e. The summed E-state index contributed by atoms with van der Waals surface area (Å²) in [5.41, 5.74) is 10.3. The molecule has 6 nitrogen and oxygen atoms in total. The maximum absolute atomic E-state index is 13.0. The molecule has 31 heavy (non-hydrogen) atoms. The molecule has 0 aliphatic carbocycles. The van der Waals surface area contributed by atoms with E-state index in [1.165, 1.54) is 12.1 Å². The average molecular weight is 449 g/mol. The van der Waals surface area contributed by atoms with Crippen molar-refractivity contribution >= 4 is 34.8 Å². The Balaban J connectivity index is 1.73. The largest absolute Gasteiger partial charge is 0.457 e. The van der Waals surface area contributed by atoms with E-state index >= 15 is 0 Å². The minimum atomic E-state index is -4.67. The van der Waals surface area contributed by atoms with Gasteiger partial charge in [0.05, 0.1) is 16.3 Å². The van der Waals surface area contributed by atoms with Gasteiger partial charge in [-0.1, -0.05) is 17.7 Å². The molecule has 0 aliphatic rings. The van der Waals surface area contributed by atoms with Gasteiger partial charge in [0, 0.05) is 17.3 Å². The van der Waals surface area contributed by atoms with Crippen molar-refractivity contribution in [3.05, 3.63) is 82.9 Å². The molecule has 3 aromatic carbocycles. The van der Waals surface area contributed by atoms with Crippen LogP contribution in [0.3, 0.4) is 0 Å². The van der Waals surface area contributed by atoms with Crippen LogP contribution in [0.25, 0.3) is 0 Å². The van der Waals surface area contributed by atoms with Gasteiger partial charge in [-0.25, -0.2) is 4.99 Å². The number of anilines is 1. The lowest BCUT2D eigenvalue weighted by Gasteiger charge is -2.12. The van der Waals surface area contributed by atoms with Gasteiger partial charge < -0.3 is 21.5 Å². The number of nitrogens with one attached hydrogen (secondary N) is 1. The molecule has 3 aromatic rings. The van der Waals surface area contributed by atoms with Crippen molar-refractivity contribution in [3.8, 4) is 11.5 Å². The third-order valence-electron chi connectivity index (χ3n) is 3.96. The fourth-order valence-corrected chi connectivity index (χ4v) is 2.82. The molecule has 5 N–H and O–H groups in total. The number of rotatable bonds is 5. The molecule has 1 amide bonds. The van der Waals surface area contributed by atoms with Crippen LogP contribution in [0.15, 0.2) is 71.7 Å². The van der Waals surface area contributed by atoms with E-state index in [-0.39, 0.29) is 11.5 Å². The van der Waals surface area contributed by atoms with Crippen LogP contribution in [-0.2, 0) is 6.18 Å². The Labute approximate surface area is 180 Å². The fourth-order valence-electron chi connectivity index (χ4n) is 2.60. The first-order chi connectivity index (χ1) is 14.6. The average Bonchev–Trinajstić information content (AvgIpc) is 2.69. The van der Waals surface area contributed by atoms with Crippen LogP contribution in [0.4, 0.5) is 24.5 Å². The van der Waals surface area contributed by atoms with Crippen molar-refractivity contribution in [2.75, 3.05) is 5.32 Å². The normalized spacial score (nSPS) is 11.0. The lowest BCUT2D eigenvalue weighted by atomic mass is 10.1. The SMILES string of the molecule is NC(N)=Nc1ccc(Oc2cccc(NC(=O)c3ccc(Cl)c(C(F)(F)F)c3)c2)cc1. The Morgan fingerprint density at radius 2 is 1.68 bits per heavy atom. The minimum Gasteiger partial charge on any atom is -0.457 e. The van der Waals surface area contributed by atoms with Crippen LogP contribution in [0, 0.1) is 0 Å². The van der Waals surface area contributed by atoms with E-state index < -0.39 is 22.7 Å². The number of benzene rings is 3. The predicted octanol–water partition coefficient (Wildman–Crippen LogP) is 5.31. The second-order valence-electron chi connectivity index (χ2n) is 6.31. The fraction of sp³-hybridized carbons (Fsp3) is 0.0476. The first-order valence-corrected chi connectivity index (χ1v) is 9.15. The summed E-state index contributed by atoms with van der Waals surface area (Å²) in [5.74, 6) is 0.103. The van der Waals surface area contributed by atoms with Gasteiger partial charge in [-0.05, 0) is 54.6 Å². The molecule has 0 bridgehead atoms. The highest BCUT2D eigenvalue weighted by atomic mass is 35.5. The topological polar surface area (TPSA) is 103 Å². The second-order valence-corrected chi connectivity index (χ2v) is 6.71. The molecular weight excluding hydrogens is 433 g/mol. The number of hydrogen-bond donors (Lipinski definition) is 3. The monoisotopic (exact) mass is 448 g/mol. The van der Waals surface area contributed by atoms with Crippen LogP contribution in [-0.4, -0.2) is 11.9 Å². The lowest BCUT2D eigenvalue weighted by Crippen LogP contribution is -2.21. The number of amides is 1. The predicted molar refractivity (Wildman–Crippen MR) is 113 cm³/mol. The van der Waals surface area contributed by atoms with E-state index in [2.05, 4.69) is 10.3 Å². The summed E-state index contributed by atoms with van der Waals surface area (Å²) in [6.07, 6.45) is -4.67. The Kier molecular flexibility index (Phi) is 6.36. The van der Waals surface area contributed by atoms with E-state index in [0.29, 0.717) is 28.9 Å². The first kappa shape index (κ1) is 22.0. The van der Waals surface area contributed by atoms with E-state index in [0.717, 1.165) is 6.07 Å². The summed E-state index contributed by atoms with van der Waals surface area (Å²) in [6.45, 7) is 0. The number of hydrogen-bond acceptors (Lipinski definition) is 3. The highest BCUT2D eigenvalue weighted by Crippen LogP contribution is 2.35. The molecule has 0 saturated carbocycles. The van der Waals surface area contributed by atoms with E-state index in [4.69, 9.17) is 27.8 Å². The quantitative estimate of drug-likeness (QED) is 0.363. The molecule has 0 aliphatic heterocycles. The van der Waals surface area contributed by atoms with Crippen molar-refractivity contribution < 1.29 is 22.7 Å². The number of carbonyl (C=O) groups excluding carboxylic acids is 1. The van der Waals surface area contributed by atoms with Crippen LogP contribution < -0.4 is 21.5 Å². The molecule has 0 unspecified atom stereocenters. The molecule has 3 rings (SSSR count). The summed E-state index contributed by atoms with van der Waals surface area (Å²) in [5, 5.41) is 2.06. The number of nitrogens with two attached hydrogens (primary N) is 2. The minimum absolute atomic E-state index is 0.0693. The van der Waals surface area contributed by atoms with Gasteiger partial charge in [-0.15, -0.1) is 0 Å². The number of ether oxygens (including phenoxy) is 1. The maximum atomic E-state index is 13.0. The summed E-state index contributed by atoms with van der Waals surface area (Å²) < 4.78 is 44.8. The number of halogens is 4. The van der Waals surface area contributed by atoms with Crippen molar-refractivity contribution in [2.24, 2.45) is 16.5 Å². The first-order valence-electron chi connectivity index (χ1n) is 8.77. The van der Waals surface area contributed by atoms with Crippen LogP contribution in [0.2, 0.25) is 5.02 Å². The molecule has 0 atom stereocenters. The van der Waals surface area contributed by atoms with Gasteiger partial charge in [-0.2, -0.15) is 13.2 Å². The van der Waals surface area contributed by atoms with Crippen molar-refractivity contribution in [1.29, 1.82) is 0 Å². The Morgan fingerprint density at radius 1 is 0.968 bits per heavy atom. The zero-order valence-corrected chi connectivity index (χ0v) is 16.5. The van der Waals surface area contributed by atoms with E-state index in [1.807, 2.05) is 0 Å². The molecule has 0 fully saturated rings. The smallest absolute Gasteiger partial charge is 0.417 e. The van der Waals surface area contributed by atoms with Gasteiger partial charge >= 0.3 is 6.18 Å². The number of carbonyl (C=O) groups is 1. The highest BCUT2D eigenvalue weighted by Gasteiger charge is 2.33.